The maximum absolute atomic E-state index is 10.7. The Hall–Kier alpha value is -1.66. The summed E-state index contributed by atoms with van der Waals surface area (Å²) in [5.41, 5.74) is 0.366. The highest BCUT2D eigenvalue weighted by Gasteiger charge is 2.15. The van der Waals surface area contributed by atoms with E-state index in [9.17, 15) is 15.2 Å². The summed E-state index contributed by atoms with van der Waals surface area (Å²) in [6.45, 7) is 2.24. The van der Waals surface area contributed by atoms with Crippen LogP contribution in [0.5, 0.6) is 5.75 Å². The fraction of sp³-hybridized carbons (Fsp3) is 0.571. The number of aliphatic hydroxyl groups is 2. The number of benzene rings is 1. The lowest BCUT2D eigenvalue weighted by Crippen LogP contribution is -2.03. The highest BCUT2D eigenvalue weighted by atomic mass is 16.6. The summed E-state index contributed by atoms with van der Waals surface area (Å²) in [7, 11) is 0. The maximum Gasteiger partial charge on any atom is 0.270 e. The van der Waals surface area contributed by atoms with Gasteiger partial charge in [-0.05, 0) is 32.3 Å². The Kier molecular flexibility index (Phi) is 6.97. The van der Waals surface area contributed by atoms with E-state index in [1.54, 1.807) is 6.92 Å². The second kappa shape index (κ2) is 8.50. The third kappa shape index (κ3) is 5.14. The molecule has 0 aliphatic heterocycles. The zero-order valence-corrected chi connectivity index (χ0v) is 11.6. The van der Waals surface area contributed by atoms with E-state index in [-0.39, 0.29) is 12.3 Å². The average molecular weight is 283 g/mol. The molecular formula is C14H21NO5. The molecule has 0 aliphatic carbocycles. The second-order valence-electron chi connectivity index (χ2n) is 4.64. The molecule has 20 heavy (non-hydrogen) atoms. The average Bonchev–Trinajstić information content (AvgIpc) is 2.42. The number of hydrogen-bond acceptors (Lipinski definition) is 5. The molecule has 6 heteroatoms. The summed E-state index contributed by atoms with van der Waals surface area (Å²) in [6.07, 6.45) is 2.72. The summed E-state index contributed by atoms with van der Waals surface area (Å²) in [4.78, 5) is 10.2. The van der Waals surface area contributed by atoms with Crippen LogP contribution in [-0.4, -0.2) is 28.4 Å². The number of hydrogen-bond donors (Lipinski definition) is 2. The van der Waals surface area contributed by atoms with Gasteiger partial charge in [0.2, 0.25) is 0 Å². The van der Waals surface area contributed by atoms with Crippen molar-refractivity contribution < 1.29 is 19.9 Å². The van der Waals surface area contributed by atoms with Gasteiger partial charge in [-0.15, -0.1) is 0 Å². The number of rotatable bonds is 9. The molecule has 1 aromatic carbocycles. The van der Waals surface area contributed by atoms with Crippen LogP contribution in [0.4, 0.5) is 5.69 Å². The number of unbranched alkanes of at least 4 members (excludes halogenated alkanes) is 3. The summed E-state index contributed by atoms with van der Waals surface area (Å²) < 4.78 is 5.57. The van der Waals surface area contributed by atoms with Gasteiger partial charge >= 0.3 is 0 Å². The fourth-order valence-electron chi connectivity index (χ4n) is 1.86. The molecule has 0 saturated carbocycles. The van der Waals surface area contributed by atoms with E-state index >= 15 is 0 Å². The lowest BCUT2D eigenvalue weighted by atomic mass is 10.1. The molecular weight excluding hydrogens is 262 g/mol. The molecule has 6 nitrogen and oxygen atoms in total. The predicted octanol–water partition coefficient (Wildman–Crippen LogP) is 2.58. The van der Waals surface area contributed by atoms with Crippen LogP contribution in [0, 0.1) is 10.1 Å². The van der Waals surface area contributed by atoms with E-state index in [2.05, 4.69) is 0 Å². The van der Waals surface area contributed by atoms with Gasteiger partial charge in [-0.25, -0.2) is 0 Å². The van der Waals surface area contributed by atoms with Crippen molar-refractivity contribution in [3.8, 4) is 5.75 Å². The van der Waals surface area contributed by atoms with Crippen LogP contribution in [0.15, 0.2) is 18.2 Å². The van der Waals surface area contributed by atoms with Crippen molar-refractivity contribution in [3.05, 3.63) is 33.9 Å². The first-order valence-electron chi connectivity index (χ1n) is 6.76. The van der Waals surface area contributed by atoms with E-state index < -0.39 is 11.0 Å². The third-order valence-electron chi connectivity index (χ3n) is 2.96. The SMILES string of the molecule is C[C@H](O)c1cc([N+](=O)[O-])ccc1OCCCCCCO. The molecule has 0 spiro atoms. The smallest absolute Gasteiger partial charge is 0.270 e. The predicted molar refractivity (Wildman–Crippen MR) is 74.8 cm³/mol. The molecule has 112 valence electrons. The lowest BCUT2D eigenvalue weighted by Gasteiger charge is -2.13. The Bertz CT molecular complexity index is 434. The molecule has 0 fully saturated rings. The standard InChI is InChI=1S/C14H21NO5/c1-11(17)13-10-12(15(18)19)6-7-14(13)20-9-5-3-2-4-8-16/h6-7,10-11,16-17H,2-5,8-9H2,1H3/t11-/m0/s1. The topological polar surface area (TPSA) is 92.8 Å². The van der Waals surface area contributed by atoms with Crippen molar-refractivity contribution in [1.82, 2.24) is 0 Å². The van der Waals surface area contributed by atoms with Crippen molar-refractivity contribution in [3.63, 3.8) is 0 Å². The minimum absolute atomic E-state index is 0.0591. The largest absolute Gasteiger partial charge is 0.493 e. The van der Waals surface area contributed by atoms with Gasteiger partial charge in [0.05, 0.1) is 17.6 Å². The van der Waals surface area contributed by atoms with Gasteiger partial charge in [0.25, 0.3) is 5.69 Å². The maximum atomic E-state index is 10.7. The lowest BCUT2D eigenvalue weighted by molar-refractivity contribution is -0.385. The number of non-ortho nitro benzene ring substituents is 1. The van der Waals surface area contributed by atoms with Crippen LogP contribution < -0.4 is 4.74 Å². The summed E-state index contributed by atoms with van der Waals surface area (Å²) in [5.74, 6) is 0.479. The summed E-state index contributed by atoms with van der Waals surface area (Å²) in [5, 5.41) is 29.0. The van der Waals surface area contributed by atoms with E-state index in [1.165, 1.54) is 18.2 Å². The number of nitro groups is 1. The van der Waals surface area contributed by atoms with Crippen LogP contribution in [-0.2, 0) is 0 Å². The monoisotopic (exact) mass is 283 g/mol. The Morgan fingerprint density at radius 2 is 2.00 bits per heavy atom. The Balaban J connectivity index is 2.58. The number of nitro benzene ring substituents is 1. The molecule has 1 atom stereocenters. The van der Waals surface area contributed by atoms with Crippen molar-refractivity contribution in [2.75, 3.05) is 13.2 Å². The third-order valence-corrected chi connectivity index (χ3v) is 2.96. The van der Waals surface area contributed by atoms with Crippen molar-refractivity contribution in [1.29, 1.82) is 0 Å². The number of aliphatic hydroxyl groups excluding tert-OH is 2. The molecule has 0 aromatic heterocycles. The van der Waals surface area contributed by atoms with Gasteiger partial charge < -0.3 is 14.9 Å². The van der Waals surface area contributed by atoms with Gasteiger partial charge in [-0.2, -0.15) is 0 Å². The van der Waals surface area contributed by atoms with Gasteiger partial charge in [0.1, 0.15) is 5.75 Å². The molecule has 2 N–H and O–H groups in total. The van der Waals surface area contributed by atoms with E-state index in [4.69, 9.17) is 9.84 Å². The second-order valence-corrected chi connectivity index (χ2v) is 4.64. The van der Waals surface area contributed by atoms with Crippen molar-refractivity contribution in [2.24, 2.45) is 0 Å². The van der Waals surface area contributed by atoms with E-state index in [0.717, 1.165) is 25.7 Å². The fourth-order valence-corrected chi connectivity index (χ4v) is 1.86. The number of ether oxygens (including phenoxy) is 1. The summed E-state index contributed by atoms with van der Waals surface area (Å²) in [6, 6.07) is 4.23. The van der Waals surface area contributed by atoms with Crippen LogP contribution in [0.25, 0.3) is 0 Å². The molecule has 1 rings (SSSR count). The minimum atomic E-state index is -0.820. The van der Waals surface area contributed by atoms with Crippen LogP contribution >= 0.6 is 0 Å². The molecule has 0 unspecified atom stereocenters. The van der Waals surface area contributed by atoms with Crippen LogP contribution in [0.1, 0.15) is 44.3 Å². The molecule has 0 bridgehead atoms. The Morgan fingerprint density at radius 1 is 1.30 bits per heavy atom. The first-order chi connectivity index (χ1) is 9.56. The highest BCUT2D eigenvalue weighted by molar-refractivity contribution is 5.44. The first-order valence-corrected chi connectivity index (χ1v) is 6.76. The first kappa shape index (κ1) is 16.4. The molecule has 0 saturated heterocycles. The van der Waals surface area contributed by atoms with Gasteiger partial charge in [-0.1, -0.05) is 6.42 Å². The molecule has 0 radical (unpaired) electrons. The Labute approximate surface area is 118 Å². The van der Waals surface area contributed by atoms with Crippen LogP contribution in [0.2, 0.25) is 0 Å². The molecule has 0 heterocycles. The molecule has 1 aromatic rings. The zero-order valence-electron chi connectivity index (χ0n) is 11.6. The number of nitrogens with zero attached hydrogens (tertiary/aromatic N) is 1. The normalized spacial score (nSPS) is 12.2. The van der Waals surface area contributed by atoms with Gasteiger partial charge in [-0.3, -0.25) is 10.1 Å². The highest BCUT2D eigenvalue weighted by Crippen LogP contribution is 2.29. The Morgan fingerprint density at radius 3 is 2.60 bits per heavy atom. The van der Waals surface area contributed by atoms with Crippen molar-refractivity contribution >= 4 is 5.69 Å². The van der Waals surface area contributed by atoms with Gasteiger partial charge in [0.15, 0.2) is 0 Å². The van der Waals surface area contributed by atoms with Crippen LogP contribution in [0.3, 0.4) is 0 Å². The molecule has 0 aliphatic rings. The minimum Gasteiger partial charge on any atom is -0.493 e. The summed E-state index contributed by atoms with van der Waals surface area (Å²) >= 11 is 0. The zero-order chi connectivity index (χ0) is 15.0. The quantitative estimate of drug-likeness (QED) is 0.413. The van der Waals surface area contributed by atoms with Crippen molar-refractivity contribution in [2.45, 2.75) is 38.7 Å². The van der Waals surface area contributed by atoms with E-state index in [0.29, 0.717) is 17.9 Å². The van der Waals surface area contributed by atoms with E-state index in [1.807, 2.05) is 0 Å². The molecule has 0 amide bonds. The van der Waals surface area contributed by atoms with Gasteiger partial charge in [0, 0.05) is 24.3 Å².